The van der Waals surface area contributed by atoms with E-state index in [0.29, 0.717) is 6.61 Å². The van der Waals surface area contributed by atoms with E-state index in [0.717, 1.165) is 12.2 Å². The first-order valence-corrected chi connectivity index (χ1v) is 2.95. The Balaban J connectivity index is 2.56. The topological polar surface area (TPSA) is 9.23 Å². The molecule has 9 heavy (non-hydrogen) atoms. The van der Waals surface area contributed by atoms with E-state index in [1.165, 1.54) is 5.57 Å². The SMILES string of the molecule is C1=C=C2COCC2=CC=1. The normalized spacial score (nSPS) is 21.3. The lowest BCUT2D eigenvalue weighted by molar-refractivity contribution is 0.215. The number of allylic oxidation sites excluding steroid dienone is 2. The molecule has 0 amide bonds. The third-order valence-electron chi connectivity index (χ3n) is 1.48. The highest BCUT2D eigenvalue weighted by Gasteiger charge is 2.12. The molecule has 0 aromatic rings. The number of hydrogen-bond acceptors (Lipinski definition) is 1. The minimum absolute atomic E-state index is 0.715. The van der Waals surface area contributed by atoms with Gasteiger partial charge in [0, 0.05) is 5.57 Å². The lowest BCUT2D eigenvalue weighted by Gasteiger charge is -1.91. The minimum atomic E-state index is 0.715. The third kappa shape index (κ3) is 0.684. The fraction of sp³-hybridized carbons (Fsp3) is 0.250. The predicted molar refractivity (Wildman–Crippen MR) is 34.0 cm³/mol. The second-order valence-corrected chi connectivity index (χ2v) is 2.10. The van der Waals surface area contributed by atoms with Crippen molar-refractivity contribution in [1.29, 1.82) is 0 Å². The molecule has 1 heterocycles. The van der Waals surface area contributed by atoms with E-state index in [2.05, 4.69) is 11.5 Å². The van der Waals surface area contributed by atoms with Crippen molar-refractivity contribution >= 4 is 0 Å². The van der Waals surface area contributed by atoms with Crippen molar-refractivity contribution in [3.63, 3.8) is 0 Å². The van der Waals surface area contributed by atoms with Gasteiger partial charge in [0.25, 0.3) is 0 Å². The Labute approximate surface area is 53.6 Å². The predicted octanol–water partition coefficient (Wildman–Crippen LogP) is 1.19. The van der Waals surface area contributed by atoms with Crippen LogP contribution in [0.15, 0.2) is 34.8 Å². The molecule has 1 aliphatic carbocycles. The van der Waals surface area contributed by atoms with Gasteiger partial charge >= 0.3 is 0 Å². The summed E-state index contributed by atoms with van der Waals surface area (Å²) in [5, 5.41) is 0. The summed E-state index contributed by atoms with van der Waals surface area (Å²) in [6.45, 7) is 1.47. The van der Waals surface area contributed by atoms with Gasteiger partial charge in [-0.25, -0.2) is 0 Å². The molecule has 0 unspecified atom stereocenters. The maximum atomic E-state index is 5.16. The minimum Gasteiger partial charge on any atom is -0.371 e. The van der Waals surface area contributed by atoms with Gasteiger partial charge in [-0.05, 0) is 17.7 Å². The van der Waals surface area contributed by atoms with Crippen LogP contribution in [0.2, 0.25) is 0 Å². The zero-order chi connectivity index (χ0) is 6.10. The standard InChI is InChI=1S/C8H6O/c1-2-4-8-6-9-5-7(8)3-1/h1,3H,5-6H2. The molecular formula is C8H6O. The summed E-state index contributed by atoms with van der Waals surface area (Å²) in [5.41, 5.74) is 8.31. The van der Waals surface area contributed by atoms with Gasteiger partial charge < -0.3 is 4.74 Å². The van der Waals surface area contributed by atoms with Gasteiger partial charge in [0.2, 0.25) is 0 Å². The van der Waals surface area contributed by atoms with Gasteiger partial charge in [-0.15, -0.1) is 0 Å². The first-order chi connectivity index (χ1) is 4.47. The summed E-state index contributed by atoms with van der Waals surface area (Å²) in [6, 6.07) is 0. The van der Waals surface area contributed by atoms with E-state index in [-0.39, 0.29) is 0 Å². The molecule has 0 aromatic carbocycles. The Kier molecular flexibility index (Phi) is 0.941. The maximum Gasteiger partial charge on any atom is 0.0803 e. The molecule has 2 aliphatic rings. The molecule has 1 fully saturated rings. The van der Waals surface area contributed by atoms with Gasteiger partial charge in [0.15, 0.2) is 0 Å². The summed E-state index contributed by atoms with van der Waals surface area (Å²) in [5.74, 6) is 0. The van der Waals surface area contributed by atoms with Crippen LogP contribution in [0.4, 0.5) is 0 Å². The smallest absolute Gasteiger partial charge is 0.0803 e. The van der Waals surface area contributed by atoms with Gasteiger partial charge in [0.05, 0.1) is 13.2 Å². The lowest BCUT2D eigenvalue weighted by Crippen LogP contribution is -1.82. The van der Waals surface area contributed by atoms with Crippen molar-refractivity contribution in [2.45, 2.75) is 0 Å². The lowest BCUT2D eigenvalue weighted by atomic mass is 10.1. The second kappa shape index (κ2) is 1.75. The highest BCUT2D eigenvalue weighted by molar-refractivity contribution is 5.39. The van der Waals surface area contributed by atoms with Gasteiger partial charge in [0.1, 0.15) is 0 Å². The average Bonchev–Trinajstić information content (AvgIpc) is 2.33. The van der Waals surface area contributed by atoms with Crippen molar-refractivity contribution in [1.82, 2.24) is 0 Å². The summed E-state index contributed by atoms with van der Waals surface area (Å²) in [7, 11) is 0. The van der Waals surface area contributed by atoms with Crippen molar-refractivity contribution < 1.29 is 4.74 Å². The summed E-state index contributed by atoms with van der Waals surface area (Å²) in [4.78, 5) is 0. The van der Waals surface area contributed by atoms with Gasteiger partial charge in [-0.3, -0.25) is 0 Å². The van der Waals surface area contributed by atoms with E-state index in [9.17, 15) is 0 Å². The fourth-order valence-corrected chi connectivity index (χ4v) is 0.979. The Morgan fingerprint density at radius 3 is 3.33 bits per heavy atom. The molecule has 0 bridgehead atoms. The molecule has 1 heteroatoms. The third-order valence-corrected chi connectivity index (χ3v) is 1.48. The van der Waals surface area contributed by atoms with E-state index < -0.39 is 0 Å². The number of ether oxygens (including phenoxy) is 1. The first kappa shape index (κ1) is 4.84. The molecule has 0 aromatic heterocycles. The molecular weight excluding hydrogens is 112 g/mol. The molecule has 2 rings (SSSR count). The monoisotopic (exact) mass is 118 g/mol. The van der Waals surface area contributed by atoms with Crippen LogP contribution < -0.4 is 0 Å². The molecule has 1 saturated heterocycles. The highest BCUT2D eigenvalue weighted by Crippen LogP contribution is 2.18. The van der Waals surface area contributed by atoms with Crippen LogP contribution in [-0.2, 0) is 4.74 Å². The molecule has 0 radical (unpaired) electrons. The van der Waals surface area contributed by atoms with Gasteiger partial charge in [-0.2, -0.15) is 0 Å². The molecule has 44 valence electrons. The molecule has 0 N–H and O–H groups in total. The van der Waals surface area contributed by atoms with Crippen LogP contribution in [0.3, 0.4) is 0 Å². The first-order valence-electron chi connectivity index (χ1n) is 2.95. The largest absolute Gasteiger partial charge is 0.371 e. The van der Waals surface area contributed by atoms with Crippen LogP contribution >= 0.6 is 0 Å². The molecule has 0 saturated carbocycles. The Hall–Kier alpha value is -1.00. The molecule has 0 spiro atoms. The zero-order valence-corrected chi connectivity index (χ0v) is 4.98. The number of hydrogen-bond donors (Lipinski definition) is 0. The van der Waals surface area contributed by atoms with E-state index in [4.69, 9.17) is 4.74 Å². The molecule has 0 atom stereocenters. The van der Waals surface area contributed by atoms with E-state index in [1.54, 1.807) is 0 Å². The van der Waals surface area contributed by atoms with Crippen LogP contribution in [0.5, 0.6) is 0 Å². The van der Waals surface area contributed by atoms with E-state index in [1.807, 2.05) is 12.2 Å². The Morgan fingerprint density at radius 1 is 1.44 bits per heavy atom. The number of rotatable bonds is 0. The second-order valence-electron chi connectivity index (χ2n) is 2.10. The zero-order valence-electron chi connectivity index (χ0n) is 4.98. The Bertz CT molecular complexity index is 258. The number of fused-ring (bicyclic) bond motifs is 1. The molecule has 1 nitrogen and oxygen atoms in total. The Morgan fingerprint density at radius 2 is 2.44 bits per heavy atom. The van der Waals surface area contributed by atoms with Crippen LogP contribution in [0, 0.1) is 0 Å². The van der Waals surface area contributed by atoms with Crippen LogP contribution in [-0.4, -0.2) is 13.2 Å². The summed E-state index contributed by atoms with van der Waals surface area (Å²) >= 11 is 0. The quantitative estimate of drug-likeness (QED) is 0.434. The maximum absolute atomic E-state index is 5.16. The van der Waals surface area contributed by atoms with Gasteiger partial charge in [-0.1, -0.05) is 11.5 Å². The van der Waals surface area contributed by atoms with Crippen LogP contribution in [0.1, 0.15) is 0 Å². The van der Waals surface area contributed by atoms with Crippen molar-refractivity contribution in [3.8, 4) is 0 Å². The fourth-order valence-electron chi connectivity index (χ4n) is 0.979. The summed E-state index contributed by atoms with van der Waals surface area (Å²) in [6.07, 6.45) is 3.90. The van der Waals surface area contributed by atoms with Crippen molar-refractivity contribution in [2.24, 2.45) is 0 Å². The average molecular weight is 118 g/mol. The highest BCUT2D eigenvalue weighted by atomic mass is 16.5. The summed E-state index contributed by atoms with van der Waals surface area (Å²) < 4.78 is 5.16. The van der Waals surface area contributed by atoms with Crippen LogP contribution in [0.25, 0.3) is 0 Å². The van der Waals surface area contributed by atoms with Crippen molar-refractivity contribution in [3.05, 3.63) is 34.8 Å². The van der Waals surface area contributed by atoms with Crippen molar-refractivity contribution in [2.75, 3.05) is 13.2 Å². The molecule has 1 aliphatic heterocycles. The van der Waals surface area contributed by atoms with E-state index >= 15 is 0 Å².